The molecule has 2 saturated heterocycles. The number of carbonyl (C=O) groups excluding carboxylic acids is 2. The van der Waals surface area contributed by atoms with Gasteiger partial charge in [-0.15, -0.1) is 0 Å². The van der Waals surface area contributed by atoms with E-state index >= 15 is 0 Å². The number of rotatable bonds is 8. The van der Waals surface area contributed by atoms with Crippen molar-refractivity contribution in [3.05, 3.63) is 35.9 Å². The fraction of sp³-hybridized carbons (Fsp3) is 0.692. The van der Waals surface area contributed by atoms with Gasteiger partial charge in [0.1, 0.15) is 0 Å². The largest absolute Gasteiger partial charge is 0.334 e. The summed E-state index contributed by atoms with van der Waals surface area (Å²) in [6.07, 6.45) is 11.6. The minimum Gasteiger partial charge on any atom is -0.334 e. The zero-order valence-corrected chi connectivity index (χ0v) is 19.0. The molecule has 5 heteroatoms. The van der Waals surface area contributed by atoms with Crippen LogP contribution in [0, 0.1) is 5.92 Å². The Bertz CT molecular complexity index is 711. The van der Waals surface area contributed by atoms with Crippen LogP contribution in [0.25, 0.3) is 0 Å². The van der Waals surface area contributed by atoms with Gasteiger partial charge in [-0.05, 0) is 64.1 Å². The highest BCUT2D eigenvalue weighted by Gasteiger charge is 2.31. The average Bonchev–Trinajstić information content (AvgIpc) is 3.37. The first-order valence-electron chi connectivity index (χ1n) is 12.6. The Hall–Kier alpha value is -1.72. The van der Waals surface area contributed by atoms with Crippen LogP contribution in [-0.2, 0) is 4.79 Å². The number of nitrogens with zero attached hydrogens (tertiary/aromatic N) is 3. The summed E-state index contributed by atoms with van der Waals surface area (Å²) < 4.78 is 0. The van der Waals surface area contributed by atoms with Crippen molar-refractivity contribution in [2.24, 2.45) is 5.92 Å². The van der Waals surface area contributed by atoms with Gasteiger partial charge < -0.3 is 14.7 Å². The van der Waals surface area contributed by atoms with Gasteiger partial charge in [0.2, 0.25) is 5.78 Å². The van der Waals surface area contributed by atoms with Crippen molar-refractivity contribution in [3.63, 3.8) is 0 Å². The third kappa shape index (κ3) is 6.17. The first kappa shape index (κ1) is 22.5. The Balaban J connectivity index is 1.40. The van der Waals surface area contributed by atoms with Crippen LogP contribution in [0.2, 0.25) is 0 Å². The highest BCUT2D eigenvalue weighted by Crippen LogP contribution is 2.28. The molecule has 1 aromatic rings. The van der Waals surface area contributed by atoms with Crippen molar-refractivity contribution < 1.29 is 9.59 Å². The second-order valence-electron chi connectivity index (χ2n) is 9.79. The Morgan fingerprint density at radius 3 is 2.35 bits per heavy atom. The number of ketones is 1. The first-order chi connectivity index (χ1) is 15.2. The summed E-state index contributed by atoms with van der Waals surface area (Å²) in [6.45, 7) is 6.78. The lowest BCUT2D eigenvalue weighted by Gasteiger charge is -2.39. The van der Waals surface area contributed by atoms with Gasteiger partial charge in [-0.25, -0.2) is 0 Å². The SMILES string of the molecule is O=C(C(=O)N(CCN1CCCCC1)CC1CCCN(C2CCCC2)C1)c1ccccc1. The fourth-order valence-electron chi connectivity index (χ4n) is 5.74. The maximum absolute atomic E-state index is 13.3. The number of amides is 1. The van der Waals surface area contributed by atoms with E-state index in [1.807, 2.05) is 23.1 Å². The number of Topliss-reactive ketones (excluding diaryl/α,β-unsaturated/α-hetero) is 1. The van der Waals surface area contributed by atoms with Gasteiger partial charge in [-0.1, -0.05) is 49.6 Å². The average molecular weight is 426 g/mol. The topological polar surface area (TPSA) is 43.9 Å². The summed E-state index contributed by atoms with van der Waals surface area (Å²) in [5.41, 5.74) is 0.506. The summed E-state index contributed by atoms with van der Waals surface area (Å²) in [4.78, 5) is 33.2. The van der Waals surface area contributed by atoms with E-state index in [4.69, 9.17) is 0 Å². The van der Waals surface area contributed by atoms with Gasteiger partial charge in [0.25, 0.3) is 5.91 Å². The van der Waals surface area contributed by atoms with Crippen LogP contribution in [0.1, 0.15) is 68.1 Å². The van der Waals surface area contributed by atoms with E-state index in [9.17, 15) is 9.59 Å². The van der Waals surface area contributed by atoms with Crippen LogP contribution in [0.5, 0.6) is 0 Å². The predicted molar refractivity (Wildman–Crippen MR) is 124 cm³/mol. The Morgan fingerprint density at radius 2 is 1.61 bits per heavy atom. The zero-order valence-electron chi connectivity index (χ0n) is 19.0. The normalized spacial score (nSPS) is 23.7. The van der Waals surface area contributed by atoms with Crippen LogP contribution in [0.4, 0.5) is 0 Å². The summed E-state index contributed by atoms with van der Waals surface area (Å²) in [6, 6.07) is 9.80. The molecule has 2 heterocycles. The third-order valence-electron chi connectivity index (χ3n) is 7.52. The molecule has 3 fully saturated rings. The van der Waals surface area contributed by atoms with Crippen molar-refractivity contribution in [2.75, 3.05) is 45.8 Å². The van der Waals surface area contributed by atoms with E-state index in [-0.39, 0.29) is 11.7 Å². The summed E-state index contributed by atoms with van der Waals surface area (Å²) in [5, 5.41) is 0. The van der Waals surface area contributed by atoms with E-state index in [2.05, 4.69) is 9.80 Å². The second kappa shape index (κ2) is 11.2. The molecule has 3 aliphatic rings. The summed E-state index contributed by atoms with van der Waals surface area (Å²) in [7, 11) is 0. The van der Waals surface area contributed by atoms with Crippen LogP contribution >= 0.6 is 0 Å². The van der Waals surface area contributed by atoms with Gasteiger partial charge in [0, 0.05) is 37.8 Å². The van der Waals surface area contributed by atoms with Crippen molar-refractivity contribution in [1.82, 2.24) is 14.7 Å². The molecule has 1 saturated carbocycles. The molecule has 2 aliphatic heterocycles. The third-order valence-corrected chi connectivity index (χ3v) is 7.52. The molecule has 1 amide bonds. The van der Waals surface area contributed by atoms with Crippen molar-refractivity contribution in [3.8, 4) is 0 Å². The molecule has 1 atom stereocenters. The molecule has 5 nitrogen and oxygen atoms in total. The van der Waals surface area contributed by atoms with Gasteiger partial charge in [-0.2, -0.15) is 0 Å². The lowest BCUT2D eigenvalue weighted by molar-refractivity contribution is -0.127. The molecular formula is C26H39N3O2. The number of benzene rings is 1. The van der Waals surface area contributed by atoms with Crippen molar-refractivity contribution in [1.29, 1.82) is 0 Å². The Kier molecular flexibility index (Phi) is 8.15. The maximum atomic E-state index is 13.3. The molecule has 31 heavy (non-hydrogen) atoms. The zero-order chi connectivity index (χ0) is 21.5. The van der Waals surface area contributed by atoms with E-state index in [0.29, 0.717) is 24.6 Å². The minimum absolute atomic E-state index is 0.318. The number of carbonyl (C=O) groups is 2. The summed E-state index contributed by atoms with van der Waals surface area (Å²) >= 11 is 0. The molecule has 0 aromatic heterocycles. The predicted octanol–water partition coefficient (Wildman–Crippen LogP) is 3.84. The van der Waals surface area contributed by atoms with E-state index in [0.717, 1.165) is 38.6 Å². The number of hydrogen-bond acceptors (Lipinski definition) is 4. The maximum Gasteiger partial charge on any atom is 0.295 e. The quantitative estimate of drug-likeness (QED) is 0.469. The molecule has 1 aliphatic carbocycles. The molecule has 1 unspecified atom stereocenters. The van der Waals surface area contributed by atoms with Crippen molar-refractivity contribution in [2.45, 2.75) is 63.8 Å². The van der Waals surface area contributed by atoms with E-state index in [1.54, 1.807) is 12.1 Å². The smallest absolute Gasteiger partial charge is 0.295 e. The molecule has 0 N–H and O–H groups in total. The first-order valence-corrected chi connectivity index (χ1v) is 12.6. The van der Waals surface area contributed by atoms with Gasteiger partial charge in [0.15, 0.2) is 0 Å². The number of likely N-dealkylation sites (tertiary alicyclic amines) is 2. The lowest BCUT2D eigenvalue weighted by atomic mass is 9.95. The summed E-state index contributed by atoms with van der Waals surface area (Å²) in [5.74, 6) is -0.202. The Morgan fingerprint density at radius 1 is 0.871 bits per heavy atom. The number of piperidine rings is 2. The second-order valence-corrected chi connectivity index (χ2v) is 9.79. The monoisotopic (exact) mass is 425 g/mol. The molecular weight excluding hydrogens is 386 g/mol. The van der Waals surface area contributed by atoms with Gasteiger partial charge in [-0.3, -0.25) is 9.59 Å². The highest BCUT2D eigenvalue weighted by molar-refractivity contribution is 6.42. The van der Waals surface area contributed by atoms with Crippen LogP contribution in [0.3, 0.4) is 0 Å². The van der Waals surface area contributed by atoms with E-state index < -0.39 is 0 Å². The van der Waals surface area contributed by atoms with Crippen LogP contribution < -0.4 is 0 Å². The molecule has 0 radical (unpaired) electrons. The van der Waals surface area contributed by atoms with Crippen LogP contribution in [0.15, 0.2) is 30.3 Å². The standard InChI is InChI=1S/C26H39N3O2/c30-25(23-11-3-1-4-12-23)26(31)29(19-18-27-15-7-2-8-16-27)21-22-10-9-17-28(20-22)24-13-5-6-14-24/h1,3-4,11-12,22,24H,2,5-10,13-21H2. The molecule has 170 valence electrons. The lowest BCUT2D eigenvalue weighted by Crippen LogP contribution is -2.49. The Labute approximate surface area is 187 Å². The molecule has 0 spiro atoms. The number of hydrogen-bond donors (Lipinski definition) is 0. The molecule has 4 rings (SSSR count). The molecule has 0 bridgehead atoms. The fourth-order valence-corrected chi connectivity index (χ4v) is 5.74. The van der Waals surface area contributed by atoms with Crippen molar-refractivity contribution >= 4 is 11.7 Å². The van der Waals surface area contributed by atoms with Gasteiger partial charge in [0.05, 0.1) is 0 Å². The van der Waals surface area contributed by atoms with E-state index in [1.165, 1.54) is 57.9 Å². The minimum atomic E-state index is -0.359. The van der Waals surface area contributed by atoms with Gasteiger partial charge >= 0.3 is 0 Å². The van der Waals surface area contributed by atoms with Crippen LogP contribution in [-0.4, -0.2) is 78.2 Å². The molecule has 1 aromatic carbocycles. The highest BCUT2D eigenvalue weighted by atomic mass is 16.2.